The Bertz CT molecular complexity index is 1120. The fourth-order valence-electron chi connectivity index (χ4n) is 3.92. The topological polar surface area (TPSA) is 44.1 Å². The van der Waals surface area contributed by atoms with Gasteiger partial charge in [0.25, 0.3) is 6.43 Å². The first-order valence-electron chi connectivity index (χ1n) is 11.3. The minimum absolute atomic E-state index is 0.000880. The molecule has 0 aliphatic carbocycles. The summed E-state index contributed by atoms with van der Waals surface area (Å²) < 4.78 is 55.0. The first-order valence-corrected chi connectivity index (χ1v) is 13.2. The van der Waals surface area contributed by atoms with Crippen molar-refractivity contribution in [3.05, 3.63) is 58.6 Å². The van der Waals surface area contributed by atoms with Crippen LogP contribution >= 0.6 is 22.3 Å². The number of anilines is 1. The Kier molecular flexibility index (Phi) is 8.56. The molecule has 0 bridgehead atoms. The van der Waals surface area contributed by atoms with Gasteiger partial charge in [-0.05, 0) is 43.2 Å². The Morgan fingerprint density at radius 2 is 1.94 bits per heavy atom. The Hall–Kier alpha value is -2.30. The lowest BCUT2D eigenvalue weighted by Crippen LogP contribution is -2.36. The second kappa shape index (κ2) is 11.6. The zero-order valence-electron chi connectivity index (χ0n) is 19.0. The molecule has 0 radical (unpaired) electrons. The van der Waals surface area contributed by atoms with Crippen LogP contribution in [0.4, 0.5) is 23.2 Å². The van der Waals surface area contributed by atoms with Crippen molar-refractivity contribution in [2.24, 2.45) is 10.2 Å². The number of hydrogen-bond acceptors (Lipinski definition) is 5. The first kappa shape index (κ1) is 25.8. The summed E-state index contributed by atoms with van der Waals surface area (Å²) in [4.78, 5) is 6.73. The van der Waals surface area contributed by atoms with Crippen LogP contribution < -0.4 is 4.31 Å². The summed E-state index contributed by atoms with van der Waals surface area (Å²) >= 11 is 6.05. The maximum absolute atomic E-state index is 13.8. The number of piperidine rings is 1. The molecule has 188 valence electrons. The van der Waals surface area contributed by atoms with Crippen molar-refractivity contribution in [3.8, 4) is 0 Å². The van der Waals surface area contributed by atoms with Crippen molar-refractivity contribution < 1.29 is 17.6 Å². The zero-order valence-corrected chi connectivity index (χ0v) is 20.6. The van der Waals surface area contributed by atoms with Gasteiger partial charge in [0.05, 0.1) is 23.0 Å². The van der Waals surface area contributed by atoms with E-state index in [1.165, 1.54) is 6.07 Å². The van der Waals surface area contributed by atoms with Crippen LogP contribution in [0.5, 0.6) is 0 Å². The van der Waals surface area contributed by atoms with Crippen molar-refractivity contribution in [1.82, 2.24) is 9.88 Å². The summed E-state index contributed by atoms with van der Waals surface area (Å²) in [5, 5.41) is 7.42. The molecular formula is C24H26ClF4N5S. The quantitative estimate of drug-likeness (QED) is 0.308. The van der Waals surface area contributed by atoms with Crippen LogP contribution in [0, 0.1) is 5.82 Å². The summed E-state index contributed by atoms with van der Waals surface area (Å²) in [6, 6.07) is 8.14. The van der Waals surface area contributed by atoms with Crippen LogP contribution in [0.15, 0.2) is 46.7 Å². The summed E-state index contributed by atoms with van der Waals surface area (Å²) in [6.45, 7) is 2.63. The molecule has 3 heterocycles. The van der Waals surface area contributed by atoms with Crippen molar-refractivity contribution in [3.63, 3.8) is 0 Å². The highest BCUT2D eigenvalue weighted by Gasteiger charge is 2.23. The van der Waals surface area contributed by atoms with Crippen LogP contribution in [0.1, 0.15) is 30.5 Å². The van der Waals surface area contributed by atoms with Crippen molar-refractivity contribution in [1.29, 1.82) is 0 Å². The average Bonchev–Trinajstić information content (AvgIpc) is 3.35. The van der Waals surface area contributed by atoms with Crippen LogP contribution in [0.25, 0.3) is 0 Å². The molecule has 4 rings (SSSR count). The third-order valence-corrected chi connectivity index (χ3v) is 7.93. The molecule has 1 saturated heterocycles. The van der Waals surface area contributed by atoms with E-state index >= 15 is 0 Å². The number of alkyl halides is 3. The minimum Gasteiger partial charge on any atom is -0.316 e. The van der Waals surface area contributed by atoms with E-state index in [1.54, 1.807) is 30.5 Å². The lowest BCUT2D eigenvalue weighted by Gasteiger charge is -2.32. The fourth-order valence-corrected chi connectivity index (χ4v) is 5.52. The van der Waals surface area contributed by atoms with Crippen molar-refractivity contribution >= 4 is 45.3 Å². The summed E-state index contributed by atoms with van der Waals surface area (Å²) in [5.41, 5.74) is 2.28. The molecule has 1 atom stereocenters. The lowest BCUT2D eigenvalue weighted by molar-refractivity contribution is 0.157. The summed E-state index contributed by atoms with van der Waals surface area (Å²) in [5.74, 6) is 4.59. The summed E-state index contributed by atoms with van der Waals surface area (Å²) in [6.07, 6.45) is -0.656. The highest BCUT2D eigenvalue weighted by Crippen LogP contribution is 2.32. The molecule has 1 aromatic heterocycles. The van der Waals surface area contributed by atoms with Crippen molar-refractivity contribution in [2.45, 2.75) is 38.4 Å². The molecule has 0 saturated carbocycles. The predicted octanol–water partition coefficient (Wildman–Crippen LogP) is 5.74. The van der Waals surface area contributed by atoms with Crippen LogP contribution in [0.2, 0.25) is 5.02 Å². The largest absolute Gasteiger partial charge is 0.316 e. The monoisotopic (exact) mass is 527 g/mol. The van der Waals surface area contributed by atoms with Crippen LogP contribution in [0.3, 0.4) is 0 Å². The maximum atomic E-state index is 13.8. The third kappa shape index (κ3) is 6.68. The Morgan fingerprint density at radius 3 is 2.57 bits per heavy atom. The number of nitrogens with zero attached hydrogens (tertiary/aromatic N) is 5. The van der Waals surface area contributed by atoms with E-state index in [-0.39, 0.29) is 17.2 Å². The molecule has 1 aromatic carbocycles. The van der Waals surface area contributed by atoms with Gasteiger partial charge in [0.1, 0.15) is 17.7 Å². The Balaban J connectivity index is 1.46. The van der Waals surface area contributed by atoms with Crippen LogP contribution in [-0.2, 0) is 6.54 Å². The molecule has 2 aliphatic rings. The van der Waals surface area contributed by atoms with E-state index in [9.17, 15) is 17.6 Å². The SMILES string of the molecule is C=S(CCN1CCC(F)CC1)N(Cc1ccc(C2=NN=C(C(F)F)C2)cn1)c1ccc(F)c(Cl)c1. The molecule has 0 amide bonds. The standard InChI is InChI=1S/C24H26ClF4N5S/c1-35(11-10-33-8-6-17(26)7-9-33)34(19-4-5-21(27)20(25)12-19)15-18-3-2-16(14-30-18)22-13-23(24(28)29)32-31-22/h2-5,12,14,17,24H,1,6-11,13,15H2. The second-order valence-corrected chi connectivity index (χ2v) is 10.7. The third-order valence-electron chi connectivity index (χ3n) is 6.03. The van der Waals surface area contributed by atoms with Crippen LogP contribution in [-0.4, -0.2) is 65.2 Å². The van der Waals surface area contributed by atoms with Gasteiger partial charge in [-0.1, -0.05) is 28.1 Å². The fraction of sp³-hybridized carbons (Fsp3) is 0.417. The number of benzene rings is 1. The smallest absolute Gasteiger partial charge is 0.278 e. The molecule has 2 aliphatic heterocycles. The van der Waals surface area contributed by atoms with Gasteiger partial charge >= 0.3 is 0 Å². The van der Waals surface area contributed by atoms with E-state index in [4.69, 9.17) is 11.6 Å². The Morgan fingerprint density at radius 1 is 1.17 bits per heavy atom. The molecule has 1 unspecified atom stereocenters. The molecular weight excluding hydrogens is 502 g/mol. The average molecular weight is 528 g/mol. The van der Waals surface area contributed by atoms with E-state index < -0.39 is 29.1 Å². The molecule has 35 heavy (non-hydrogen) atoms. The summed E-state index contributed by atoms with van der Waals surface area (Å²) in [7, 11) is -0.501. The van der Waals surface area contributed by atoms with Gasteiger partial charge in [-0.15, -0.1) is 0 Å². The lowest BCUT2D eigenvalue weighted by atomic mass is 10.1. The zero-order chi connectivity index (χ0) is 24.9. The van der Waals surface area contributed by atoms with E-state index in [2.05, 4.69) is 26.0 Å². The molecule has 2 aromatic rings. The van der Waals surface area contributed by atoms with E-state index in [1.807, 2.05) is 4.31 Å². The second-order valence-electron chi connectivity index (χ2n) is 8.47. The van der Waals surface area contributed by atoms with E-state index in [0.29, 0.717) is 30.7 Å². The highest BCUT2D eigenvalue weighted by atomic mass is 35.5. The first-order chi connectivity index (χ1) is 16.8. The highest BCUT2D eigenvalue weighted by molar-refractivity contribution is 8.15. The molecule has 1 fully saturated rings. The van der Waals surface area contributed by atoms with Gasteiger partial charge in [0.15, 0.2) is 0 Å². The number of halogens is 5. The molecule has 0 spiro atoms. The normalized spacial score (nSPS) is 18.0. The molecule has 0 N–H and O–H groups in total. The van der Waals surface area contributed by atoms with Gasteiger partial charge in [-0.25, -0.2) is 17.6 Å². The van der Waals surface area contributed by atoms with Gasteiger partial charge in [-0.2, -0.15) is 10.2 Å². The molecule has 5 nitrogen and oxygen atoms in total. The number of pyridine rings is 1. The van der Waals surface area contributed by atoms with Gasteiger partial charge in [-0.3, -0.25) is 4.98 Å². The number of likely N-dealkylation sites (tertiary alicyclic amines) is 1. The van der Waals surface area contributed by atoms with Gasteiger partial charge < -0.3 is 9.21 Å². The maximum Gasteiger partial charge on any atom is 0.278 e. The predicted molar refractivity (Wildman–Crippen MR) is 137 cm³/mol. The number of rotatable bonds is 9. The van der Waals surface area contributed by atoms with Gasteiger partial charge in [0.2, 0.25) is 0 Å². The Labute approximate surface area is 209 Å². The van der Waals surface area contributed by atoms with Gasteiger partial charge in [0, 0.05) is 49.3 Å². The number of hydrogen-bond donors (Lipinski definition) is 0. The van der Waals surface area contributed by atoms with Crippen molar-refractivity contribution in [2.75, 3.05) is 29.7 Å². The minimum atomic E-state index is -2.63. The molecule has 11 heteroatoms. The number of aromatic nitrogens is 1. The van der Waals surface area contributed by atoms with E-state index in [0.717, 1.165) is 36.8 Å².